The summed E-state index contributed by atoms with van der Waals surface area (Å²) < 4.78 is 28.8. The molecule has 0 saturated heterocycles. The van der Waals surface area contributed by atoms with Gasteiger partial charge in [-0.15, -0.1) is 0 Å². The number of nitrogens with zero attached hydrogens (tertiary/aromatic N) is 2. The van der Waals surface area contributed by atoms with Crippen LogP contribution in [0.25, 0.3) is 0 Å². The van der Waals surface area contributed by atoms with Gasteiger partial charge in [-0.2, -0.15) is 0 Å². The Morgan fingerprint density at radius 1 is 0.895 bits per heavy atom. The van der Waals surface area contributed by atoms with Crippen LogP contribution in [0.2, 0.25) is 0 Å². The quantitative estimate of drug-likeness (QED) is 0.384. The van der Waals surface area contributed by atoms with Crippen LogP contribution in [-0.4, -0.2) is 44.3 Å². The summed E-state index contributed by atoms with van der Waals surface area (Å²) in [6, 6.07) is 20.3. The van der Waals surface area contributed by atoms with Crippen LogP contribution in [0, 0.1) is 20.8 Å². The summed E-state index contributed by atoms with van der Waals surface area (Å²) in [5, 5.41) is 2.85. The van der Waals surface area contributed by atoms with E-state index in [1.165, 1.54) is 17.0 Å². The summed E-state index contributed by atoms with van der Waals surface area (Å²) in [7, 11) is -4.07. The highest BCUT2D eigenvalue weighted by atomic mass is 32.2. The molecule has 0 heterocycles. The van der Waals surface area contributed by atoms with Crippen LogP contribution in [0.3, 0.4) is 0 Å². The predicted octanol–water partition coefficient (Wildman–Crippen LogP) is 4.75. The number of sulfonamides is 1. The minimum Gasteiger partial charge on any atom is -0.354 e. The topological polar surface area (TPSA) is 86.8 Å². The van der Waals surface area contributed by atoms with Crippen LogP contribution in [-0.2, 0) is 26.2 Å². The van der Waals surface area contributed by atoms with E-state index in [0.717, 1.165) is 33.0 Å². The third-order valence-corrected chi connectivity index (χ3v) is 8.33. The molecule has 38 heavy (non-hydrogen) atoms. The first-order chi connectivity index (χ1) is 18.0. The lowest BCUT2D eigenvalue weighted by molar-refractivity contribution is -0.139. The second-order valence-corrected chi connectivity index (χ2v) is 11.4. The van der Waals surface area contributed by atoms with Gasteiger partial charge in [-0.05, 0) is 75.1 Å². The number of rotatable bonds is 11. The average Bonchev–Trinajstić information content (AvgIpc) is 2.90. The molecule has 0 saturated carbocycles. The van der Waals surface area contributed by atoms with Crippen LogP contribution in [0.5, 0.6) is 0 Å². The zero-order valence-corrected chi connectivity index (χ0v) is 23.6. The summed E-state index contributed by atoms with van der Waals surface area (Å²) in [6.07, 6.45) is 0.764. The second kappa shape index (κ2) is 12.7. The maximum Gasteiger partial charge on any atom is 0.264 e. The molecule has 3 aromatic carbocycles. The lowest BCUT2D eigenvalue weighted by Crippen LogP contribution is -2.51. The van der Waals surface area contributed by atoms with Gasteiger partial charge >= 0.3 is 0 Å². The number of carbonyl (C=O) groups excluding carboxylic acids is 2. The van der Waals surface area contributed by atoms with Gasteiger partial charge in [-0.3, -0.25) is 13.9 Å². The number of benzene rings is 3. The minimum absolute atomic E-state index is 0.0880. The van der Waals surface area contributed by atoms with E-state index in [-0.39, 0.29) is 17.3 Å². The van der Waals surface area contributed by atoms with Gasteiger partial charge in [0.2, 0.25) is 11.8 Å². The predicted molar refractivity (Wildman–Crippen MR) is 151 cm³/mol. The molecule has 3 rings (SSSR count). The fourth-order valence-electron chi connectivity index (χ4n) is 4.11. The van der Waals surface area contributed by atoms with Gasteiger partial charge in [-0.1, -0.05) is 61.0 Å². The van der Waals surface area contributed by atoms with Crippen LogP contribution in [0.4, 0.5) is 5.69 Å². The van der Waals surface area contributed by atoms with E-state index in [1.54, 1.807) is 37.3 Å². The van der Waals surface area contributed by atoms with Crippen molar-refractivity contribution < 1.29 is 18.0 Å². The van der Waals surface area contributed by atoms with Crippen LogP contribution in [0.15, 0.2) is 77.7 Å². The van der Waals surface area contributed by atoms with Crippen molar-refractivity contribution in [2.75, 3.05) is 17.4 Å². The summed E-state index contributed by atoms with van der Waals surface area (Å²) >= 11 is 0. The molecule has 1 atom stereocenters. The monoisotopic (exact) mass is 535 g/mol. The molecular formula is C30H37N3O4S. The van der Waals surface area contributed by atoms with Crippen molar-refractivity contribution in [1.82, 2.24) is 10.2 Å². The molecule has 7 nitrogen and oxygen atoms in total. The molecule has 0 radical (unpaired) electrons. The highest BCUT2D eigenvalue weighted by Crippen LogP contribution is 2.26. The minimum atomic E-state index is -4.07. The SMILES string of the molecule is CCCNC(=O)C(C)N(Cc1cccc(C)c1)C(=O)CN(c1ccc(C)c(C)c1)S(=O)(=O)c1ccccc1. The maximum absolute atomic E-state index is 13.9. The Morgan fingerprint density at radius 2 is 1.61 bits per heavy atom. The number of aryl methyl sites for hydroxylation is 3. The Labute approximate surface area is 226 Å². The summed E-state index contributed by atoms with van der Waals surface area (Å²) in [5.74, 6) is -0.750. The van der Waals surface area contributed by atoms with Gasteiger partial charge in [-0.25, -0.2) is 8.42 Å². The van der Waals surface area contributed by atoms with Crippen molar-refractivity contribution in [3.63, 3.8) is 0 Å². The van der Waals surface area contributed by atoms with Gasteiger partial charge in [0.1, 0.15) is 12.6 Å². The molecule has 0 aliphatic heterocycles. The normalized spacial score (nSPS) is 12.0. The van der Waals surface area contributed by atoms with Crippen LogP contribution >= 0.6 is 0 Å². The smallest absolute Gasteiger partial charge is 0.264 e. The van der Waals surface area contributed by atoms with Crippen molar-refractivity contribution in [3.8, 4) is 0 Å². The molecule has 2 amide bonds. The Hall–Kier alpha value is -3.65. The fourth-order valence-corrected chi connectivity index (χ4v) is 5.54. The zero-order valence-electron chi connectivity index (χ0n) is 22.8. The van der Waals surface area contributed by atoms with Crippen molar-refractivity contribution >= 4 is 27.5 Å². The van der Waals surface area contributed by atoms with E-state index >= 15 is 0 Å². The number of amides is 2. The molecule has 0 aromatic heterocycles. The Morgan fingerprint density at radius 3 is 2.24 bits per heavy atom. The number of hydrogen-bond donors (Lipinski definition) is 1. The molecule has 202 valence electrons. The molecule has 0 aliphatic carbocycles. The Balaban J connectivity index is 2.03. The zero-order chi connectivity index (χ0) is 27.9. The van der Waals surface area contributed by atoms with Gasteiger partial charge in [0.05, 0.1) is 10.6 Å². The Kier molecular flexibility index (Phi) is 9.69. The van der Waals surface area contributed by atoms with Gasteiger partial charge in [0, 0.05) is 13.1 Å². The first-order valence-electron chi connectivity index (χ1n) is 12.8. The molecule has 0 bridgehead atoms. The van der Waals surface area contributed by atoms with Crippen molar-refractivity contribution in [2.24, 2.45) is 0 Å². The Bertz CT molecular complexity index is 1370. The van der Waals surface area contributed by atoms with Crippen molar-refractivity contribution in [3.05, 3.63) is 95.1 Å². The third kappa shape index (κ3) is 7.01. The molecule has 0 spiro atoms. The van der Waals surface area contributed by atoms with Crippen LogP contribution < -0.4 is 9.62 Å². The van der Waals surface area contributed by atoms with E-state index in [2.05, 4.69) is 5.32 Å². The summed E-state index contributed by atoms with van der Waals surface area (Å²) in [4.78, 5) is 28.4. The highest BCUT2D eigenvalue weighted by Gasteiger charge is 2.32. The molecule has 0 aliphatic rings. The molecule has 3 aromatic rings. The fraction of sp³-hybridized carbons (Fsp3) is 0.333. The first-order valence-corrected chi connectivity index (χ1v) is 14.3. The number of hydrogen-bond acceptors (Lipinski definition) is 4. The van der Waals surface area contributed by atoms with Gasteiger partial charge < -0.3 is 10.2 Å². The van der Waals surface area contributed by atoms with Crippen molar-refractivity contribution in [1.29, 1.82) is 0 Å². The van der Waals surface area contributed by atoms with Gasteiger partial charge in [0.15, 0.2) is 0 Å². The number of nitrogens with one attached hydrogen (secondary N) is 1. The first kappa shape index (κ1) is 28.9. The second-order valence-electron chi connectivity index (χ2n) is 9.57. The van der Waals surface area contributed by atoms with E-state index in [1.807, 2.05) is 58.0 Å². The maximum atomic E-state index is 13.9. The van der Waals surface area contributed by atoms with Gasteiger partial charge in [0.25, 0.3) is 10.0 Å². The molecule has 1 unspecified atom stereocenters. The largest absolute Gasteiger partial charge is 0.354 e. The number of anilines is 1. The van der Waals surface area contributed by atoms with E-state index in [0.29, 0.717) is 12.2 Å². The third-order valence-electron chi connectivity index (χ3n) is 6.54. The average molecular weight is 536 g/mol. The van der Waals surface area contributed by atoms with E-state index in [9.17, 15) is 18.0 Å². The highest BCUT2D eigenvalue weighted by molar-refractivity contribution is 7.92. The molecule has 8 heteroatoms. The van der Waals surface area contributed by atoms with Crippen LogP contribution in [0.1, 0.15) is 42.5 Å². The lowest BCUT2D eigenvalue weighted by atomic mass is 10.1. The van der Waals surface area contributed by atoms with Crippen molar-refractivity contribution in [2.45, 2.75) is 58.5 Å². The molecule has 0 fully saturated rings. The molecule has 1 N–H and O–H groups in total. The summed E-state index contributed by atoms with van der Waals surface area (Å²) in [5.41, 5.74) is 4.20. The molecular weight excluding hydrogens is 498 g/mol. The lowest BCUT2D eigenvalue weighted by Gasteiger charge is -2.32. The number of carbonyl (C=O) groups is 2. The van der Waals surface area contributed by atoms with E-state index in [4.69, 9.17) is 0 Å². The van der Waals surface area contributed by atoms with E-state index < -0.39 is 28.5 Å². The summed E-state index contributed by atoms with van der Waals surface area (Å²) in [6.45, 7) is 9.65. The standard InChI is InChI=1S/C30H37N3O4S/c1-6-17-31-30(35)25(5)32(20-26-12-10-11-22(2)18-26)29(34)21-33(27-16-15-23(3)24(4)19-27)38(36,37)28-13-8-7-9-14-28/h7-16,18-19,25H,6,17,20-21H2,1-5H3,(H,31,35).